The van der Waals surface area contributed by atoms with E-state index in [1.54, 1.807) is 31.5 Å². The number of aliphatic hydroxyl groups is 1. The summed E-state index contributed by atoms with van der Waals surface area (Å²) in [7, 11) is 5.55. The third-order valence-electron chi connectivity index (χ3n) is 7.16. The third-order valence-corrected chi connectivity index (χ3v) is 8.29. The Balaban J connectivity index is 1.39. The Labute approximate surface area is 256 Å². The van der Waals surface area contributed by atoms with Gasteiger partial charge in [-0.05, 0) is 39.1 Å². The standard InChI is InChI=1S/C32H41FN6O3S/c1-6-7-8-9-22(2)38(3)30(40)13-15-35-23-10-11-27(25(33)18-23)42-28-12-14-36-26-19-29(43-31(26)28)32-37-21-24(39(32)4)20-34-16-17-41-5/h6-12,14,18-19,21-22,30,34-35,40H,13,15-17,20H2,1-5H3/b7-6-,9-8-. The Morgan fingerprint density at radius 1 is 1.16 bits per heavy atom. The summed E-state index contributed by atoms with van der Waals surface area (Å²) in [6.07, 6.45) is 11.3. The first-order valence-electron chi connectivity index (χ1n) is 14.3. The first-order valence-corrected chi connectivity index (χ1v) is 15.1. The topological polar surface area (TPSA) is 96.7 Å². The van der Waals surface area contributed by atoms with E-state index in [2.05, 4.69) is 25.2 Å². The van der Waals surface area contributed by atoms with Crippen LogP contribution in [0.25, 0.3) is 20.9 Å². The number of anilines is 1. The molecule has 0 bridgehead atoms. The molecule has 2 unspecified atom stereocenters. The minimum atomic E-state index is -0.634. The molecule has 0 fully saturated rings. The van der Waals surface area contributed by atoms with Gasteiger partial charge in [-0.15, -0.1) is 11.3 Å². The van der Waals surface area contributed by atoms with E-state index in [1.807, 2.05) is 69.4 Å². The Morgan fingerprint density at radius 2 is 2.00 bits per heavy atom. The largest absolute Gasteiger partial charge is 0.453 e. The van der Waals surface area contributed by atoms with Gasteiger partial charge in [-0.3, -0.25) is 9.88 Å². The molecule has 3 N–H and O–H groups in total. The van der Waals surface area contributed by atoms with E-state index in [0.29, 0.717) is 37.6 Å². The number of imidazole rings is 1. The number of benzene rings is 1. The highest BCUT2D eigenvalue weighted by Crippen LogP contribution is 2.39. The highest BCUT2D eigenvalue weighted by atomic mass is 32.1. The van der Waals surface area contributed by atoms with Gasteiger partial charge in [-0.25, -0.2) is 9.37 Å². The summed E-state index contributed by atoms with van der Waals surface area (Å²) in [5, 5.41) is 17.1. The fourth-order valence-electron chi connectivity index (χ4n) is 4.44. The van der Waals surface area contributed by atoms with Gasteiger partial charge in [-0.1, -0.05) is 24.3 Å². The highest BCUT2D eigenvalue weighted by molar-refractivity contribution is 7.22. The summed E-state index contributed by atoms with van der Waals surface area (Å²) in [4.78, 5) is 12.0. The first-order chi connectivity index (χ1) is 20.8. The summed E-state index contributed by atoms with van der Waals surface area (Å²) in [5.41, 5.74) is 2.42. The van der Waals surface area contributed by atoms with Crippen molar-refractivity contribution in [2.75, 3.05) is 39.2 Å². The average molecular weight is 609 g/mol. The van der Waals surface area contributed by atoms with Crippen LogP contribution in [0, 0.1) is 5.82 Å². The molecule has 0 radical (unpaired) electrons. The molecule has 4 aromatic rings. The Bertz CT molecular complexity index is 1530. The van der Waals surface area contributed by atoms with Gasteiger partial charge in [0.25, 0.3) is 0 Å². The van der Waals surface area contributed by atoms with Crippen molar-refractivity contribution in [2.45, 2.75) is 39.1 Å². The van der Waals surface area contributed by atoms with Gasteiger partial charge < -0.3 is 29.8 Å². The summed E-state index contributed by atoms with van der Waals surface area (Å²) in [5.74, 6) is 0.994. The molecule has 230 valence electrons. The van der Waals surface area contributed by atoms with Gasteiger partial charge in [-0.2, -0.15) is 0 Å². The van der Waals surface area contributed by atoms with Crippen LogP contribution in [0.2, 0.25) is 0 Å². The molecule has 4 rings (SSSR count). The zero-order valence-electron chi connectivity index (χ0n) is 25.4. The zero-order valence-corrected chi connectivity index (χ0v) is 26.2. The maximum absolute atomic E-state index is 15.1. The molecule has 3 aromatic heterocycles. The lowest BCUT2D eigenvalue weighted by molar-refractivity contribution is 0.00602. The molecule has 0 aliphatic heterocycles. The molecule has 0 spiro atoms. The number of allylic oxidation sites excluding steroid dienone is 3. The van der Waals surface area contributed by atoms with E-state index in [-0.39, 0.29) is 11.8 Å². The number of methoxy groups -OCH3 is 1. The van der Waals surface area contributed by atoms with Crippen LogP contribution < -0.4 is 15.4 Å². The van der Waals surface area contributed by atoms with Gasteiger partial charge in [0.15, 0.2) is 11.6 Å². The van der Waals surface area contributed by atoms with Crippen LogP contribution in [0.1, 0.15) is 26.0 Å². The molecular weight excluding hydrogens is 567 g/mol. The Hall–Kier alpha value is -3.61. The zero-order chi connectivity index (χ0) is 30.8. The third kappa shape index (κ3) is 8.49. The van der Waals surface area contributed by atoms with Crippen molar-refractivity contribution in [2.24, 2.45) is 7.05 Å². The summed E-state index contributed by atoms with van der Waals surface area (Å²) in [6.45, 7) is 6.55. The number of halogens is 1. The lowest BCUT2D eigenvalue weighted by Crippen LogP contribution is -2.38. The number of hydrogen-bond donors (Lipinski definition) is 3. The molecule has 43 heavy (non-hydrogen) atoms. The summed E-state index contributed by atoms with van der Waals surface area (Å²) >= 11 is 1.51. The van der Waals surface area contributed by atoms with Crippen LogP contribution in [-0.2, 0) is 18.3 Å². The van der Waals surface area contributed by atoms with E-state index in [9.17, 15) is 5.11 Å². The van der Waals surface area contributed by atoms with Crippen LogP contribution in [-0.4, -0.2) is 70.7 Å². The van der Waals surface area contributed by atoms with Crippen LogP contribution >= 0.6 is 11.3 Å². The number of aromatic nitrogens is 3. The molecular formula is C32H41FN6O3S. The number of ether oxygens (including phenoxy) is 2. The second kappa shape index (κ2) is 15.7. The molecule has 0 amide bonds. The van der Waals surface area contributed by atoms with Crippen molar-refractivity contribution < 1.29 is 19.0 Å². The maximum atomic E-state index is 15.1. The number of rotatable bonds is 16. The molecule has 1 aromatic carbocycles. The van der Waals surface area contributed by atoms with Gasteiger partial charge >= 0.3 is 0 Å². The number of likely N-dealkylation sites (N-methyl/N-ethyl adjacent to an activating group) is 1. The average Bonchev–Trinajstić information content (AvgIpc) is 3.59. The highest BCUT2D eigenvalue weighted by Gasteiger charge is 2.17. The van der Waals surface area contributed by atoms with Gasteiger partial charge in [0, 0.05) is 70.3 Å². The normalized spacial score (nSPS) is 13.5. The van der Waals surface area contributed by atoms with Crippen LogP contribution in [0.4, 0.5) is 10.1 Å². The first kappa shape index (κ1) is 32.3. The molecule has 0 saturated heterocycles. The second-order valence-electron chi connectivity index (χ2n) is 10.2. The number of pyridine rings is 1. The monoisotopic (exact) mass is 608 g/mol. The number of thiophene rings is 1. The number of hydrogen-bond acceptors (Lipinski definition) is 9. The van der Waals surface area contributed by atoms with Crippen molar-refractivity contribution in [3.8, 4) is 22.2 Å². The fraction of sp³-hybridized carbons (Fsp3) is 0.375. The molecule has 2 atom stereocenters. The van der Waals surface area contributed by atoms with Crippen LogP contribution in [0.3, 0.4) is 0 Å². The number of aliphatic hydroxyl groups excluding tert-OH is 1. The fourth-order valence-corrected chi connectivity index (χ4v) is 5.54. The molecule has 3 heterocycles. The molecule has 9 nitrogen and oxygen atoms in total. The minimum absolute atomic E-state index is 0.0777. The number of nitrogens with zero attached hydrogens (tertiary/aromatic N) is 4. The lowest BCUT2D eigenvalue weighted by Gasteiger charge is -2.27. The Kier molecular flexibility index (Phi) is 11.8. The van der Waals surface area contributed by atoms with Crippen molar-refractivity contribution in [1.82, 2.24) is 24.8 Å². The molecule has 0 aliphatic rings. The number of fused-ring (bicyclic) bond motifs is 1. The van der Waals surface area contributed by atoms with Crippen LogP contribution in [0.15, 0.2) is 67.0 Å². The predicted octanol–water partition coefficient (Wildman–Crippen LogP) is 5.94. The Morgan fingerprint density at radius 3 is 2.77 bits per heavy atom. The van der Waals surface area contributed by atoms with E-state index in [1.165, 1.54) is 17.4 Å². The van der Waals surface area contributed by atoms with Gasteiger partial charge in [0.2, 0.25) is 0 Å². The van der Waals surface area contributed by atoms with E-state index >= 15 is 4.39 Å². The van der Waals surface area contributed by atoms with E-state index < -0.39 is 12.0 Å². The maximum Gasteiger partial charge on any atom is 0.167 e. The summed E-state index contributed by atoms with van der Waals surface area (Å²) in [6, 6.07) is 8.58. The summed E-state index contributed by atoms with van der Waals surface area (Å²) < 4.78 is 29.1. The van der Waals surface area contributed by atoms with Crippen LogP contribution in [0.5, 0.6) is 11.5 Å². The van der Waals surface area contributed by atoms with E-state index in [4.69, 9.17) is 9.47 Å². The van der Waals surface area contributed by atoms with Gasteiger partial charge in [0.1, 0.15) is 17.8 Å². The minimum Gasteiger partial charge on any atom is -0.453 e. The molecule has 0 saturated carbocycles. The molecule has 0 aliphatic carbocycles. The van der Waals surface area contributed by atoms with Crippen molar-refractivity contribution in [1.29, 1.82) is 0 Å². The predicted molar refractivity (Wildman–Crippen MR) is 172 cm³/mol. The van der Waals surface area contributed by atoms with Gasteiger partial charge in [0.05, 0.1) is 33.6 Å². The van der Waals surface area contributed by atoms with Crippen molar-refractivity contribution in [3.63, 3.8) is 0 Å². The second-order valence-corrected chi connectivity index (χ2v) is 11.2. The quantitative estimate of drug-likeness (QED) is 0.0818. The van der Waals surface area contributed by atoms with Crippen molar-refractivity contribution in [3.05, 3.63) is 78.5 Å². The SMILES string of the molecule is C/C=C\C=C/C(C)N(C)C(O)CCNc1ccc(Oc2ccnc3cc(-c4ncc(CNCCOC)n4C)sc23)c(F)c1. The smallest absolute Gasteiger partial charge is 0.167 e. The molecule has 11 heteroatoms. The van der Waals surface area contributed by atoms with Crippen molar-refractivity contribution >= 4 is 27.2 Å². The lowest BCUT2D eigenvalue weighted by atomic mass is 10.2. The van der Waals surface area contributed by atoms with E-state index in [0.717, 1.165) is 33.2 Å². The number of nitrogens with one attached hydrogen (secondary N) is 2.